The lowest BCUT2D eigenvalue weighted by Gasteiger charge is -2.14. The highest BCUT2D eigenvalue weighted by Crippen LogP contribution is 2.18. The molecule has 1 unspecified atom stereocenters. The van der Waals surface area contributed by atoms with E-state index in [4.69, 9.17) is 5.11 Å². The summed E-state index contributed by atoms with van der Waals surface area (Å²) in [6.07, 6.45) is 1.87. The molecule has 1 aromatic rings. The Kier molecular flexibility index (Phi) is 5.06. The van der Waals surface area contributed by atoms with Gasteiger partial charge in [-0.1, -0.05) is 0 Å². The summed E-state index contributed by atoms with van der Waals surface area (Å²) in [5.41, 5.74) is 1.05. The number of carboxylic acid groups (broad SMARTS) is 1. The van der Waals surface area contributed by atoms with Crippen LogP contribution in [0.4, 0.5) is 0 Å². The summed E-state index contributed by atoms with van der Waals surface area (Å²) in [7, 11) is -3.19. The van der Waals surface area contributed by atoms with Crippen LogP contribution in [0.25, 0.3) is 0 Å². The van der Waals surface area contributed by atoms with Crippen LogP contribution in [0.5, 0.6) is 0 Å². The first kappa shape index (κ1) is 17.4. The molecule has 1 fully saturated rings. The van der Waals surface area contributed by atoms with Crippen molar-refractivity contribution in [1.82, 2.24) is 9.62 Å². The fraction of sp³-hybridized carbons (Fsp3) is 0.467. The minimum absolute atomic E-state index is 0.0671. The number of aromatic carboxylic acids is 1. The number of hydrogen-bond acceptors (Lipinski definition) is 4. The minimum atomic E-state index is -3.19. The number of carbonyl (C=O) groups is 2. The van der Waals surface area contributed by atoms with Gasteiger partial charge in [0.25, 0.3) is 5.91 Å². The van der Waals surface area contributed by atoms with Gasteiger partial charge in [-0.2, -0.15) is 0 Å². The van der Waals surface area contributed by atoms with Gasteiger partial charge in [0.05, 0.1) is 11.8 Å². The van der Waals surface area contributed by atoms with E-state index in [1.807, 2.05) is 0 Å². The Morgan fingerprint density at radius 3 is 2.52 bits per heavy atom. The van der Waals surface area contributed by atoms with Crippen molar-refractivity contribution < 1.29 is 23.1 Å². The summed E-state index contributed by atoms with van der Waals surface area (Å²) in [6.45, 7) is 2.95. The van der Waals surface area contributed by atoms with E-state index in [-0.39, 0.29) is 17.4 Å². The van der Waals surface area contributed by atoms with Gasteiger partial charge in [0.2, 0.25) is 10.0 Å². The SMILES string of the molecule is Cc1cc(C(=O)O)cc(C(=O)NCC2CCN(S(C)(=O)=O)C2)c1. The summed E-state index contributed by atoms with van der Waals surface area (Å²) in [6, 6.07) is 4.46. The molecule has 1 amide bonds. The first-order valence-corrected chi connectivity index (χ1v) is 9.10. The predicted octanol–water partition coefficient (Wildman–Crippen LogP) is 0.705. The van der Waals surface area contributed by atoms with E-state index in [9.17, 15) is 18.0 Å². The molecule has 1 heterocycles. The van der Waals surface area contributed by atoms with Crippen molar-refractivity contribution in [3.05, 3.63) is 34.9 Å². The summed E-state index contributed by atoms with van der Waals surface area (Å²) in [4.78, 5) is 23.2. The number of hydrogen-bond donors (Lipinski definition) is 2. The molecule has 1 saturated heterocycles. The predicted molar refractivity (Wildman–Crippen MR) is 85.0 cm³/mol. The van der Waals surface area contributed by atoms with Gasteiger partial charge in [0.15, 0.2) is 0 Å². The molecule has 2 N–H and O–H groups in total. The Hall–Kier alpha value is -1.93. The second-order valence-corrected chi connectivity index (χ2v) is 7.86. The van der Waals surface area contributed by atoms with Crippen molar-refractivity contribution in [2.45, 2.75) is 13.3 Å². The van der Waals surface area contributed by atoms with Crippen molar-refractivity contribution in [1.29, 1.82) is 0 Å². The zero-order chi connectivity index (χ0) is 17.2. The van der Waals surface area contributed by atoms with E-state index in [0.717, 1.165) is 0 Å². The summed E-state index contributed by atoms with van der Waals surface area (Å²) in [5, 5.41) is 11.8. The molecule has 7 nitrogen and oxygen atoms in total. The third-order valence-electron chi connectivity index (χ3n) is 3.86. The number of amides is 1. The average Bonchev–Trinajstić information content (AvgIpc) is 2.93. The first-order valence-electron chi connectivity index (χ1n) is 7.25. The maximum atomic E-state index is 12.2. The Balaban J connectivity index is 1.97. The van der Waals surface area contributed by atoms with Crippen LogP contribution in [0.1, 0.15) is 32.7 Å². The number of carboxylic acids is 1. The highest BCUT2D eigenvalue weighted by Gasteiger charge is 2.28. The molecule has 1 aromatic carbocycles. The third kappa shape index (κ3) is 4.52. The van der Waals surface area contributed by atoms with Crippen LogP contribution in [0.2, 0.25) is 0 Å². The van der Waals surface area contributed by atoms with Gasteiger partial charge in [0, 0.05) is 25.2 Å². The van der Waals surface area contributed by atoms with E-state index in [0.29, 0.717) is 37.2 Å². The van der Waals surface area contributed by atoms with Gasteiger partial charge in [0.1, 0.15) is 0 Å². The van der Waals surface area contributed by atoms with Gasteiger partial charge >= 0.3 is 5.97 Å². The van der Waals surface area contributed by atoms with E-state index in [1.54, 1.807) is 13.0 Å². The topological polar surface area (TPSA) is 104 Å². The van der Waals surface area contributed by atoms with Gasteiger partial charge in [-0.15, -0.1) is 0 Å². The van der Waals surface area contributed by atoms with Crippen LogP contribution in [0.3, 0.4) is 0 Å². The molecule has 23 heavy (non-hydrogen) atoms. The standard InChI is InChI=1S/C15H20N2O5S/c1-10-5-12(7-13(6-10)15(19)20)14(18)16-8-11-3-4-17(9-11)23(2,21)22/h5-7,11H,3-4,8-9H2,1-2H3,(H,16,18)(H,19,20). The Bertz CT molecular complexity index is 729. The molecule has 1 atom stereocenters. The second-order valence-electron chi connectivity index (χ2n) is 5.88. The third-order valence-corrected chi connectivity index (χ3v) is 5.13. The lowest BCUT2D eigenvalue weighted by atomic mass is 10.1. The van der Waals surface area contributed by atoms with Crippen molar-refractivity contribution in [3.63, 3.8) is 0 Å². The highest BCUT2D eigenvalue weighted by atomic mass is 32.2. The van der Waals surface area contributed by atoms with Crippen LogP contribution < -0.4 is 5.32 Å². The van der Waals surface area contributed by atoms with Crippen molar-refractivity contribution in [3.8, 4) is 0 Å². The second kappa shape index (κ2) is 6.67. The van der Waals surface area contributed by atoms with E-state index < -0.39 is 16.0 Å². The molecule has 0 saturated carbocycles. The molecule has 0 radical (unpaired) electrons. The zero-order valence-corrected chi connectivity index (χ0v) is 13.9. The summed E-state index contributed by atoms with van der Waals surface area (Å²) < 4.78 is 24.3. The maximum Gasteiger partial charge on any atom is 0.335 e. The Morgan fingerprint density at radius 1 is 1.30 bits per heavy atom. The van der Waals surface area contributed by atoms with Gasteiger partial charge in [-0.3, -0.25) is 4.79 Å². The highest BCUT2D eigenvalue weighted by molar-refractivity contribution is 7.88. The summed E-state index contributed by atoms with van der Waals surface area (Å²) >= 11 is 0. The Morgan fingerprint density at radius 2 is 1.96 bits per heavy atom. The fourth-order valence-corrected chi connectivity index (χ4v) is 3.56. The smallest absolute Gasteiger partial charge is 0.335 e. The number of sulfonamides is 1. The number of carbonyl (C=O) groups excluding carboxylic acids is 1. The minimum Gasteiger partial charge on any atom is -0.478 e. The van der Waals surface area contributed by atoms with Gasteiger partial charge < -0.3 is 10.4 Å². The quantitative estimate of drug-likeness (QED) is 0.821. The molecule has 8 heteroatoms. The average molecular weight is 340 g/mol. The van der Waals surface area contributed by atoms with E-state index in [2.05, 4.69) is 5.32 Å². The number of nitrogens with zero attached hydrogens (tertiary/aromatic N) is 1. The first-order chi connectivity index (χ1) is 10.7. The van der Waals surface area contributed by atoms with Crippen LogP contribution in [-0.2, 0) is 10.0 Å². The maximum absolute atomic E-state index is 12.2. The largest absolute Gasteiger partial charge is 0.478 e. The summed E-state index contributed by atoms with van der Waals surface area (Å²) in [5.74, 6) is -1.37. The number of rotatable bonds is 5. The van der Waals surface area contributed by atoms with Crippen molar-refractivity contribution >= 4 is 21.9 Å². The molecule has 0 bridgehead atoms. The van der Waals surface area contributed by atoms with Crippen LogP contribution in [0, 0.1) is 12.8 Å². The molecule has 0 spiro atoms. The molecule has 1 aliphatic heterocycles. The van der Waals surface area contributed by atoms with Crippen molar-refractivity contribution in [2.75, 3.05) is 25.9 Å². The fourth-order valence-electron chi connectivity index (χ4n) is 2.64. The number of benzene rings is 1. The van der Waals surface area contributed by atoms with Crippen LogP contribution in [0.15, 0.2) is 18.2 Å². The monoisotopic (exact) mass is 340 g/mol. The molecule has 0 aliphatic carbocycles. The Labute approximate surface area is 135 Å². The van der Waals surface area contributed by atoms with E-state index in [1.165, 1.54) is 22.7 Å². The van der Waals surface area contributed by atoms with Crippen LogP contribution in [-0.4, -0.2) is 55.6 Å². The number of aryl methyl sites for hydroxylation is 1. The molecule has 2 rings (SSSR count). The van der Waals surface area contributed by atoms with Gasteiger partial charge in [-0.05, 0) is 43.0 Å². The zero-order valence-electron chi connectivity index (χ0n) is 13.1. The molecule has 0 aromatic heterocycles. The van der Waals surface area contributed by atoms with E-state index >= 15 is 0 Å². The number of nitrogens with one attached hydrogen (secondary N) is 1. The van der Waals surface area contributed by atoms with Crippen molar-refractivity contribution in [2.24, 2.45) is 5.92 Å². The molecule has 126 valence electrons. The van der Waals surface area contributed by atoms with Gasteiger partial charge in [-0.25, -0.2) is 17.5 Å². The normalized spacial score (nSPS) is 18.8. The molecular formula is C15H20N2O5S. The molecular weight excluding hydrogens is 320 g/mol. The lowest BCUT2D eigenvalue weighted by molar-refractivity contribution is 0.0696. The van der Waals surface area contributed by atoms with Crippen LogP contribution >= 0.6 is 0 Å². The molecule has 1 aliphatic rings. The lowest BCUT2D eigenvalue weighted by Crippen LogP contribution is -2.32.